The summed E-state index contributed by atoms with van der Waals surface area (Å²) in [4.78, 5) is 4.15. The fraction of sp³-hybridized carbons (Fsp3) is 0.100. The van der Waals surface area contributed by atoms with Gasteiger partial charge in [0.2, 0.25) is 0 Å². The van der Waals surface area contributed by atoms with Crippen LogP contribution in [0.2, 0.25) is 0 Å². The van der Waals surface area contributed by atoms with E-state index in [4.69, 9.17) is 4.74 Å². The first-order chi connectivity index (χ1) is 7.28. The molecule has 1 N–H and O–H groups in total. The van der Waals surface area contributed by atoms with Crippen LogP contribution in [0.25, 0.3) is 0 Å². The van der Waals surface area contributed by atoms with Crippen LogP contribution in [-0.2, 0) is 0 Å². The van der Waals surface area contributed by atoms with Crippen molar-refractivity contribution in [3.63, 3.8) is 0 Å². The van der Waals surface area contributed by atoms with E-state index >= 15 is 0 Å². The highest BCUT2D eigenvalue weighted by atomic mass is 79.9. The Hall–Kier alpha value is -1.07. The maximum Gasteiger partial charge on any atom is 0.279 e. The molecule has 2 aromatic rings. The third-order valence-corrected chi connectivity index (χ3v) is 3.23. The summed E-state index contributed by atoms with van der Waals surface area (Å²) in [5.74, 6) is 0.788. The summed E-state index contributed by atoms with van der Waals surface area (Å²) in [6, 6.07) is 7.72. The summed E-state index contributed by atoms with van der Waals surface area (Å²) in [5.41, 5.74) is 1.06. The van der Waals surface area contributed by atoms with Crippen LogP contribution in [0.5, 0.6) is 10.9 Å². The van der Waals surface area contributed by atoms with Crippen LogP contribution in [0.1, 0.15) is 0 Å². The number of hydrogen-bond donors (Lipinski definition) is 1. The Labute approximate surface area is 100 Å². The molecule has 0 saturated carbocycles. The first-order valence-corrected chi connectivity index (χ1v) is 6.02. The second-order valence-corrected chi connectivity index (χ2v) is 4.45. The van der Waals surface area contributed by atoms with Gasteiger partial charge in [-0.05, 0) is 40.2 Å². The summed E-state index contributed by atoms with van der Waals surface area (Å²) < 4.78 is 6.35. The molecule has 0 aliphatic heterocycles. The molecule has 15 heavy (non-hydrogen) atoms. The van der Waals surface area contributed by atoms with Crippen LogP contribution >= 0.6 is 27.3 Å². The van der Waals surface area contributed by atoms with E-state index in [2.05, 4.69) is 26.2 Å². The van der Waals surface area contributed by atoms with Crippen LogP contribution in [0.15, 0.2) is 34.2 Å². The zero-order chi connectivity index (χ0) is 10.7. The van der Waals surface area contributed by atoms with E-state index < -0.39 is 0 Å². The van der Waals surface area contributed by atoms with Crippen molar-refractivity contribution in [3.8, 4) is 10.9 Å². The maximum atomic E-state index is 5.55. The molecular formula is C10H9BrN2OS. The lowest BCUT2D eigenvalue weighted by Crippen LogP contribution is -1.87. The number of aromatic nitrogens is 1. The van der Waals surface area contributed by atoms with Gasteiger partial charge in [0.1, 0.15) is 10.4 Å². The molecule has 0 saturated heterocycles. The van der Waals surface area contributed by atoms with E-state index in [0.29, 0.717) is 5.19 Å². The number of ether oxygens (including phenoxy) is 1. The smallest absolute Gasteiger partial charge is 0.279 e. The van der Waals surface area contributed by atoms with Gasteiger partial charge < -0.3 is 10.1 Å². The molecule has 78 valence electrons. The molecule has 1 aromatic heterocycles. The van der Waals surface area contributed by atoms with Crippen LogP contribution in [-0.4, -0.2) is 12.0 Å². The third-order valence-electron chi connectivity index (χ3n) is 1.80. The Morgan fingerprint density at radius 2 is 2.07 bits per heavy atom. The third kappa shape index (κ3) is 2.70. The molecule has 0 aliphatic carbocycles. The molecule has 1 heterocycles. The molecule has 5 heteroatoms. The van der Waals surface area contributed by atoms with Gasteiger partial charge in [-0.15, -0.1) is 0 Å². The molecule has 3 nitrogen and oxygen atoms in total. The lowest BCUT2D eigenvalue weighted by atomic mass is 10.3. The summed E-state index contributed by atoms with van der Waals surface area (Å²) in [6.07, 6.45) is 0. The van der Waals surface area contributed by atoms with Gasteiger partial charge in [0.15, 0.2) is 0 Å². The molecule has 0 amide bonds. The molecule has 2 rings (SSSR count). The molecule has 0 aliphatic rings. The van der Waals surface area contributed by atoms with Crippen molar-refractivity contribution < 1.29 is 4.74 Å². The number of thiazole rings is 1. The highest BCUT2D eigenvalue weighted by molar-refractivity contribution is 9.10. The zero-order valence-electron chi connectivity index (χ0n) is 8.03. The van der Waals surface area contributed by atoms with Gasteiger partial charge in [0.05, 0.1) is 0 Å². The monoisotopic (exact) mass is 284 g/mol. The largest absolute Gasteiger partial charge is 0.431 e. The lowest BCUT2D eigenvalue weighted by Gasteiger charge is -2.03. The lowest BCUT2D eigenvalue weighted by molar-refractivity contribution is 0.478. The van der Waals surface area contributed by atoms with E-state index in [1.165, 1.54) is 11.3 Å². The Kier molecular flexibility index (Phi) is 3.23. The van der Waals surface area contributed by atoms with E-state index in [1.807, 2.05) is 36.7 Å². The molecule has 0 atom stereocenters. The van der Waals surface area contributed by atoms with Gasteiger partial charge in [-0.25, -0.2) is 0 Å². The number of anilines is 1. The first kappa shape index (κ1) is 10.4. The van der Waals surface area contributed by atoms with E-state index in [-0.39, 0.29) is 0 Å². The van der Waals surface area contributed by atoms with Crippen molar-refractivity contribution in [3.05, 3.63) is 34.2 Å². The predicted octanol–water partition coefficient (Wildman–Crippen LogP) is 3.74. The van der Waals surface area contributed by atoms with Gasteiger partial charge in [0.25, 0.3) is 5.19 Å². The average molecular weight is 285 g/mol. The summed E-state index contributed by atoms with van der Waals surface area (Å²) in [6.45, 7) is 0. The Morgan fingerprint density at radius 1 is 1.33 bits per heavy atom. The number of halogens is 1. The molecule has 0 fully saturated rings. The number of benzene rings is 1. The van der Waals surface area contributed by atoms with Crippen LogP contribution < -0.4 is 10.1 Å². The first-order valence-electron chi connectivity index (χ1n) is 4.34. The van der Waals surface area contributed by atoms with Gasteiger partial charge >= 0.3 is 0 Å². The summed E-state index contributed by atoms with van der Waals surface area (Å²) in [7, 11) is 1.88. The standard InChI is InChI=1S/C10H9BrN2OS/c1-12-7-2-4-8(5-3-7)14-10-13-9(11)6-15-10/h2-6,12H,1H3. The van der Waals surface area contributed by atoms with Crippen molar-refractivity contribution in [2.45, 2.75) is 0 Å². The van der Waals surface area contributed by atoms with Crippen LogP contribution in [0, 0.1) is 0 Å². The minimum Gasteiger partial charge on any atom is -0.431 e. The van der Waals surface area contributed by atoms with Crippen LogP contribution in [0.4, 0.5) is 5.69 Å². The van der Waals surface area contributed by atoms with Gasteiger partial charge in [-0.1, -0.05) is 11.3 Å². The average Bonchev–Trinajstić information content (AvgIpc) is 2.65. The molecule has 0 bridgehead atoms. The molecule has 1 aromatic carbocycles. The van der Waals surface area contributed by atoms with Gasteiger partial charge in [0, 0.05) is 18.1 Å². The Morgan fingerprint density at radius 3 is 2.60 bits per heavy atom. The van der Waals surface area contributed by atoms with Gasteiger partial charge in [-0.3, -0.25) is 0 Å². The molecule has 0 unspecified atom stereocenters. The minimum absolute atomic E-state index is 0.638. The topological polar surface area (TPSA) is 34.1 Å². The highest BCUT2D eigenvalue weighted by Gasteiger charge is 2.01. The molecular weight excluding hydrogens is 276 g/mol. The molecule has 0 radical (unpaired) electrons. The predicted molar refractivity (Wildman–Crippen MR) is 65.9 cm³/mol. The second-order valence-electron chi connectivity index (χ2n) is 2.81. The van der Waals surface area contributed by atoms with E-state index in [9.17, 15) is 0 Å². The summed E-state index contributed by atoms with van der Waals surface area (Å²) in [5, 5.41) is 5.57. The normalized spacial score (nSPS) is 10.0. The minimum atomic E-state index is 0.638. The SMILES string of the molecule is CNc1ccc(Oc2nc(Br)cs2)cc1. The second kappa shape index (κ2) is 4.63. The maximum absolute atomic E-state index is 5.55. The van der Waals surface area contributed by atoms with Crippen LogP contribution in [0.3, 0.4) is 0 Å². The quantitative estimate of drug-likeness (QED) is 0.932. The Balaban J connectivity index is 2.11. The highest BCUT2D eigenvalue weighted by Crippen LogP contribution is 2.27. The van der Waals surface area contributed by atoms with Crippen molar-refractivity contribution in [1.29, 1.82) is 0 Å². The van der Waals surface area contributed by atoms with Crippen molar-refractivity contribution in [2.24, 2.45) is 0 Å². The van der Waals surface area contributed by atoms with Crippen molar-refractivity contribution >= 4 is 33.0 Å². The summed E-state index contributed by atoms with van der Waals surface area (Å²) >= 11 is 4.74. The van der Waals surface area contributed by atoms with Crippen molar-refractivity contribution in [1.82, 2.24) is 4.98 Å². The van der Waals surface area contributed by atoms with Gasteiger partial charge in [-0.2, -0.15) is 4.98 Å². The molecule has 0 spiro atoms. The van der Waals surface area contributed by atoms with Crippen molar-refractivity contribution in [2.75, 3.05) is 12.4 Å². The van der Waals surface area contributed by atoms with E-state index in [0.717, 1.165) is 16.0 Å². The number of rotatable bonds is 3. The van der Waals surface area contributed by atoms with E-state index in [1.54, 1.807) is 0 Å². The Bertz CT molecular complexity index is 441. The fourth-order valence-electron chi connectivity index (χ4n) is 1.08. The number of hydrogen-bond acceptors (Lipinski definition) is 4. The fourth-order valence-corrected chi connectivity index (χ4v) is 2.18. The number of nitrogens with zero attached hydrogens (tertiary/aromatic N) is 1. The zero-order valence-corrected chi connectivity index (χ0v) is 10.4. The number of nitrogens with one attached hydrogen (secondary N) is 1.